The second-order valence-corrected chi connectivity index (χ2v) is 5.37. The Morgan fingerprint density at radius 2 is 1.55 bits per heavy atom. The van der Waals surface area contributed by atoms with Crippen LogP contribution in [-0.4, -0.2) is 23.0 Å². The lowest BCUT2D eigenvalue weighted by Gasteiger charge is -2.19. The van der Waals surface area contributed by atoms with E-state index in [1.807, 2.05) is 6.07 Å². The van der Waals surface area contributed by atoms with E-state index in [2.05, 4.69) is 46.3 Å². The first-order valence-electron chi connectivity index (χ1n) is 7.29. The number of nitrogens with zero attached hydrogens (tertiary/aromatic N) is 2. The molecular formula is C17H21N3. The van der Waals surface area contributed by atoms with E-state index in [0.29, 0.717) is 6.54 Å². The van der Waals surface area contributed by atoms with E-state index in [1.165, 1.54) is 11.1 Å². The van der Waals surface area contributed by atoms with Crippen molar-refractivity contribution in [3.05, 3.63) is 65.0 Å². The van der Waals surface area contributed by atoms with Gasteiger partial charge in [0.2, 0.25) is 0 Å². The lowest BCUT2D eigenvalue weighted by atomic mass is 10.0. The van der Waals surface area contributed by atoms with E-state index in [0.717, 1.165) is 43.9 Å². The van der Waals surface area contributed by atoms with Crippen molar-refractivity contribution in [2.45, 2.75) is 25.9 Å². The van der Waals surface area contributed by atoms with Crippen LogP contribution in [0, 0.1) is 0 Å². The number of fused-ring (bicyclic) bond motifs is 1. The lowest BCUT2D eigenvalue weighted by molar-refractivity contribution is 0.276. The van der Waals surface area contributed by atoms with Gasteiger partial charge in [-0.1, -0.05) is 30.3 Å². The first-order chi connectivity index (χ1) is 9.85. The normalized spacial score (nSPS) is 15.7. The van der Waals surface area contributed by atoms with E-state index in [9.17, 15) is 0 Å². The molecule has 0 bridgehead atoms. The SMILES string of the molecule is NCc1cccc(CN2CCc3ccccc3CC2)n1. The molecular weight excluding hydrogens is 246 g/mol. The zero-order valence-electron chi connectivity index (χ0n) is 11.8. The monoisotopic (exact) mass is 267 g/mol. The van der Waals surface area contributed by atoms with Gasteiger partial charge in [-0.2, -0.15) is 0 Å². The van der Waals surface area contributed by atoms with Crippen LogP contribution in [-0.2, 0) is 25.9 Å². The minimum absolute atomic E-state index is 0.513. The molecule has 2 aromatic rings. The van der Waals surface area contributed by atoms with Gasteiger partial charge in [0, 0.05) is 26.2 Å². The number of hydrogen-bond acceptors (Lipinski definition) is 3. The Hall–Kier alpha value is -1.71. The van der Waals surface area contributed by atoms with Crippen molar-refractivity contribution in [2.75, 3.05) is 13.1 Å². The first-order valence-corrected chi connectivity index (χ1v) is 7.29. The van der Waals surface area contributed by atoms with Crippen LogP contribution in [0.15, 0.2) is 42.5 Å². The van der Waals surface area contributed by atoms with Crippen molar-refractivity contribution >= 4 is 0 Å². The van der Waals surface area contributed by atoms with E-state index in [-0.39, 0.29) is 0 Å². The third-order valence-electron chi connectivity index (χ3n) is 3.97. The molecule has 1 aliphatic rings. The predicted octanol–water partition coefficient (Wildman–Crippen LogP) is 2.14. The fourth-order valence-electron chi connectivity index (χ4n) is 2.83. The number of aromatic nitrogens is 1. The highest BCUT2D eigenvalue weighted by atomic mass is 15.1. The van der Waals surface area contributed by atoms with Crippen molar-refractivity contribution in [1.29, 1.82) is 0 Å². The molecule has 0 radical (unpaired) electrons. The molecule has 2 N–H and O–H groups in total. The third kappa shape index (κ3) is 3.06. The highest BCUT2D eigenvalue weighted by molar-refractivity contribution is 5.28. The van der Waals surface area contributed by atoms with Crippen LogP contribution in [0.2, 0.25) is 0 Å². The summed E-state index contributed by atoms with van der Waals surface area (Å²) in [5, 5.41) is 0. The maximum atomic E-state index is 5.66. The summed E-state index contributed by atoms with van der Waals surface area (Å²) in [6.07, 6.45) is 2.26. The van der Waals surface area contributed by atoms with Crippen molar-refractivity contribution in [2.24, 2.45) is 5.73 Å². The van der Waals surface area contributed by atoms with Gasteiger partial charge in [0.25, 0.3) is 0 Å². The van der Waals surface area contributed by atoms with Crippen molar-refractivity contribution < 1.29 is 0 Å². The van der Waals surface area contributed by atoms with Crippen molar-refractivity contribution in [3.63, 3.8) is 0 Å². The summed E-state index contributed by atoms with van der Waals surface area (Å²) in [6, 6.07) is 14.9. The molecule has 0 spiro atoms. The second-order valence-electron chi connectivity index (χ2n) is 5.37. The zero-order valence-corrected chi connectivity index (χ0v) is 11.8. The zero-order chi connectivity index (χ0) is 13.8. The Labute approximate surface area is 120 Å². The van der Waals surface area contributed by atoms with Gasteiger partial charge in [0.15, 0.2) is 0 Å². The first kappa shape index (κ1) is 13.3. The maximum absolute atomic E-state index is 5.66. The Morgan fingerprint density at radius 3 is 2.20 bits per heavy atom. The van der Waals surface area contributed by atoms with Crippen LogP contribution in [0.1, 0.15) is 22.5 Å². The number of nitrogens with two attached hydrogens (primary N) is 1. The quantitative estimate of drug-likeness (QED) is 0.926. The molecule has 3 heteroatoms. The maximum Gasteiger partial charge on any atom is 0.0547 e. The third-order valence-corrected chi connectivity index (χ3v) is 3.97. The van der Waals surface area contributed by atoms with E-state index >= 15 is 0 Å². The summed E-state index contributed by atoms with van der Waals surface area (Å²) >= 11 is 0. The fourth-order valence-corrected chi connectivity index (χ4v) is 2.83. The summed E-state index contributed by atoms with van der Waals surface area (Å²) < 4.78 is 0. The highest BCUT2D eigenvalue weighted by Gasteiger charge is 2.14. The summed E-state index contributed by atoms with van der Waals surface area (Å²) in [7, 11) is 0. The molecule has 0 saturated carbocycles. The topological polar surface area (TPSA) is 42.1 Å². The highest BCUT2D eigenvalue weighted by Crippen LogP contribution is 2.16. The molecule has 1 aromatic heterocycles. The van der Waals surface area contributed by atoms with E-state index in [1.54, 1.807) is 0 Å². The van der Waals surface area contributed by atoms with Gasteiger partial charge < -0.3 is 5.73 Å². The Balaban J connectivity index is 1.68. The molecule has 20 heavy (non-hydrogen) atoms. The minimum atomic E-state index is 0.513. The summed E-state index contributed by atoms with van der Waals surface area (Å²) in [6.45, 7) is 3.64. The summed E-state index contributed by atoms with van der Waals surface area (Å²) in [5.41, 5.74) is 10.8. The van der Waals surface area contributed by atoms with Crippen LogP contribution >= 0.6 is 0 Å². The molecule has 2 heterocycles. The molecule has 1 aromatic carbocycles. The summed E-state index contributed by atoms with van der Waals surface area (Å²) in [5.74, 6) is 0. The van der Waals surface area contributed by atoms with Gasteiger partial charge >= 0.3 is 0 Å². The minimum Gasteiger partial charge on any atom is -0.325 e. The average molecular weight is 267 g/mol. The van der Waals surface area contributed by atoms with Crippen molar-refractivity contribution in [1.82, 2.24) is 9.88 Å². The van der Waals surface area contributed by atoms with Gasteiger partial charge in [-0.05, 0) is 36.1 Å². The fraction of sp³-hybridized carbons (Fsp3) is 0.353. The average Bonchev–Trinajstić information content (AvgIpc) is 2.70. The number of hydrogen-bond donors (Lipinski definition) is 1. The van der Waals surface area contributed by atoms with Crippen LogP contribution in [0.25, 0.3) is 0 Å². The van der Waals surface area contributed by atoms with Gasteiger partial charge in [0.1, 0.15) is 0 Å². The van der Waals surface area contributed by atoms with Crippen LogP contribution < -0.4 is 5.73 Å². The van der Waals surface area contributed by atoms with Crippen LogP contribution in [0.3, 0.4) is 0 Å². The molecule has 3 rings (SSSR count). The summed E-state index contributed by atoms with van der Waals surface area (Å²) in [4.78, 5) is 7.09. The number of pyridine rings is 1. The molecule has 0 aliphatic carbocycles. The molecule has 0 unspecified atom stereocenters. The Kier molecular flexibility index (Phi) is 4.09. The molecule has 3 nitrogen and oxygen atoms in total. The molecule has 1 aliphatic heterocycles. The number of rotatable bonds is 3. The largest absolute Gasteiger partial charge is 0.325 e. The van der Waals surface area contributed by atoms with Gasteiger partial charge in [-0.25, -0.2) is 0 Å². The van der Waals surface area contributed by atoms with E-state index in [4.69, 9.17) is 5.73 Å². The molecule has 0 atom stereocenters. The predicted molar refractivity (Wildman–Crippen MR) is 81.3 cm³/mol. The van der Waals surface area contributed by atoms with Crippen LogP contribution in [0.4, 0.5) is 0 Å². The molecule has 0 amide bonds. The molecule has 104 valence electrons. The van der Waals surface area contributed by atoms with E-state index < -0.39 is 0 Å². The molecule has 0 fully saturated rings. The second kappa shape index (κ2) is 6.16. The van der Waals surface area contributed by atoms with Gasteiger partial charge in [0.05, 0.1) is 11.4 Å². The standard InChI is InChI=1S/C17H21N3/c18-12-16-6-3-7-17(19-16)13-20-10-8-14-4-1-2-5-15(14)9-11-20/h1-7H,8-13,18H2. The smallest absolute Gasteiger partial charge is 0.0547 e. The molecule has 0 saturated heterocycles. The Morgan fingerprint density at radius 1 is 0.900 bits per heavy atom. The Bertz CT molecular complexity index is 553. The van der Waals surface area contributed by atoms with Crippen LogP contribution in [0.5, 0.6) is 0 Å². The van der Waals surface area contributed by atoms with Crippen molar-refractivity contribution in [3.8, 4) is 0 Å². The van der Waals surface area contributed by atoms with Gasteiger partial charge in [-0.15, -0.1) is 0 Å². The van der Waals surface area contributed by atoms with Gasteiger partial charge in [-0.3, -0.25) is 9.88 Å². The lowest BCUT2D eigenvalue weighted by Crippen LogP contribution is -2.26. The number of benzene rings is 1.